The molecule has 5 nitrogen and oxygen atoms in total. The Morgan fingerprint density at radius 2 is 1.54 bits per heavy atom. The van der Waals surface area contributed by atoms with Crippen molar-refractivity contribution in [1.82, 2.24) is 0 Å². The van der Waals surface area contributed by atoms with Gasteiger partial charge in [0.15, 0.2) is 0 Å². The molecule has 0 heterocycles. The van der Waals surface area contributed by atoms with Crippen LogP contribution in [-0.2, 0) is 27.2 Å². The standard InChI is InChI=1S/C6H7NO3S.Fe.H2O/c7-5-1-3-6(4-2-5)11(8,9)10;;/h1-4H,7H2,(H,8,9,10);;1H2/q;+3;/p-1. The quantitative estimate of drug-likeness (QED) is 0.421. The van der Waals surface area contributed by atoms with Crippen molar-refractivity contribution < 1.29 is 35.5 Å². The molecule has 1 radical (unpaired) electrons. The van der Waals surface area contributed by atoms with Gasteiger partial charge in [-0.2, -0.15) is 8.42 Å². The zero-order chi connectivity index (χ0) is 8.48. The number of rotatable bonds is 1. The number of nitrogens with two attached hydrogens (primary N) is 1. The van der Waals surface area contributed by atoms with Gasteiger partial charge in [0.25, 0.3) is 10.1 Å². The third-order valence-corrected chi connectivity index (χ3v) is 2.05. The number of anilines is 1. The van der Waals surface area contributed by atoms with E-state index in [9.17, 15) is 8.42 Å². The van der Waals surface area contributed by atoms with E-state index < -0.39 is 10.1 Å². The minimum absolute atomic E-state index is 0. The molecule has 0 unspecified atom stereocenters. The maximum Gasteiger partial charge on any atom is 3.00 e. The molecule has 0 bridgehead atoms. The fourth-order valence-electron chi connectivity index (χ4n) is 0.640. The number of hydrogen-bond donors (Lipinski definition) is 2. The van der Waals surface area contributed by atoms with Crippen molar-refractivity contribution in [3.8, 4) is 0 Å². The summed E-state index contributed by atoms with van der Waals surface area (Å²) in [5.41, 5.74) is 5.75. The van der Waals surface area contributed by atoms with Crippen molar-refractivity contribution >= 4 is 15.8 Å². The molecule has 0 atom stereocenters. The van der Waals surface area contributed by atoms with Crippen molar-refractivity contribution in [1.29, 1.82) is 0 Å². The molecule has 0 spiro atoms. The van der Waals surface area contributed by atoms with Gasteiger partial charge in [-0.3, -0.25) is 4.55 Å². The molecule has 0 aliphatic rings. The van der Waals surface area contributed by atoms with Crippen molar-refractivity contribution in [2.24, 2.45) is 0 Å². The van der Waals surface area contributed by atoms with Crippen molar-refractivity contribution in [3.05, 3.63) is 24.3 Å². The fourth-order valence-corrected chi connectivity index (χ4v) is 1.12. The molecule has 0 aromatic heterocycles. The smallest absolute Gasteiger partial charge is 0.870 e. The van der Waals surface area contributed by atoms with Crippen LogP contribution in [0, 0.1) is 0 Å². The van der Waals surface area contributed by atoms with E-state index in [0.29, 0.717) is 5.69 Å². The van der Waals surface area contributed by atoms with E-state index >= 15 is 0 Å². The molecule has 0 amide bonds. The van der Waals surface area contributed by atoms with Crippen LogP contribution >= 0.6 is 0 Å². The Hall–Kier alpha value is -0.591. The maximum absolute atomic E-state index is 10.5. The van der Waals surface area contributed by atoms with Gasteiger partial charge in [-0.25, -0.2) is 0 Å². The van der Waals surface area contributed by atoms with Crippen LogP contribution in [0.4, 0.5) is 5.69 Å². The summed E-state index contributed by atoms with van der Waals surface area (Å²) in [7, 11) is -4.08. The molecule has 13 heavy (non-hydrogen) atoms. The van der Waals surface area contributed by atoms with Gasteiger partial charge >= 0.3 is 17.1 Å². The summed E-state index contributed by atoms with van der Waals surface area (Å²) < 4.78 is 29.4. The number of benzene rings is 1. The molecular formula is C6H8FeNO4S+2. The molecule has 0 aliphatic carbocycles. The summed E-state index contributed by atoms with van der Waals surface area (Å²) in [6, 6.07) is 5.29. The molecule has 0 saturated heterocycles. The minimum atomic E-state index is -4.08. The van der Waals surface area contributed by atoms with Crippen molar-refractivity contribution in [2.75, 3.05) is 5.73 Å². The Balaban J connectivity index is 0. The van der Waals surface area contributed by atoms with Gasteiger partial charge in [0, 0.05) is 5.69 Å². The Morgan fingerprint density at radius 1 is 1.15 bits per heavy atom. The summed E-state index contributed by atoms with van der Waals surface area (Å²) in [4.78, 5) is -0.147. The molecule has 4 N–H and O–H groups in total. The monoisotopic (exact) mass is 246 g/mol. The molecular weight excluding hydrogens is 238 g/mol. The Morgan fingerprint density at radius 3 is 1.85 bits per heavy atom. The Bertz CT molecular complexity index is 347. The molecule has 1 rings (SSSR count). The van der Waals surface area contributed by atoms with Crippen LogP contribution in [0.15, 0.2) is 29.2 Å². The summed E-state index contributed by atoms with van der Waals surface area (Å²) in [5, 5.41) is 0. The maximum atomic E-state index is 10.5. The molecule has 73 valence electrons. The van der Waals surface area contributed by atoms with Crippen LogP contribution in [0.3, 0.4) is 0 Å². The molecule has 7 heteroatoms. The average molecular weight is 246 g/mol. The first-order chi connectivity index (χ1) is 5.00. The molecule has 1 aromatic carbocycles. The second-order valence-corrected chi connectivity index (χ2v) is 3.47. The van der Waals surface area contributed by atoms with Crippen LogP contribution in [0.25, 0.3) is 0 Å². The van der Waals surface area contributed by atoms with Crippen LogP contribution in [-0.4, -0.2) is 18.4 Å². The van der Waals surface area contributed by atoms with E-state index in [1.54, 1.807) is 0 Å². The first-order valence-corrected chi connectivity index (χ1v) is 4.27. The van der Waals surface area contributed by atoms with Crippen LogP contribution < -0.4 is 5.73 Å². The second-order valence-electron chi connectivity index (χ2n) is 2.04. The van der Waals surface area contributed by atoms with E-state index in [4.69, 9.17) is 10.3 Å². The number of nitrogen functional groups attached to an aromatic ring is 1. The zero-order valence-corrected chi connectivity index (χ0v) is 8.28. The first kappa shape index (κ1) is 14.9. The topological polar surface area (TPSA) is 110 Å². The van der Waals surface area contributed by atoms with Crippen LogP contribution in [0.1, 0.15) is 0 Å². The van der Waals surface area contributed by atoms with Crippen molar-refractivity contribution in [3.63, 3.8) is 0 Å². The van der Waals surface area contributed by atoms with E-state index in [0.717, 1.165) is 0 Å². The van der Waals surface area contributed by atoms with Crippen molar-refractivity contribution in [2.45, 2.75) is 4.90 Å². The normalized spacial score (nSPS) is 9.62. The summed E-state index contributed by atoms with van der Waals surface area (Å²) in [5.74, 6) is 0. The van der Waals surface area contributed by atoms with E-state index in [1.807, 2.05) is 0 Å². The van der Waals surface area contributed by atoms with Gasteiger partial charge in [0.1, 0.15) is 0 Å². The zero-order valence-electron chi connectivity index (χ0n) is 6.36. The Kier molecular flexibility index (Phi) is 5.97. The predicted molar refractivity (Wildman–Crippen MR) is 42.6 cm³/mol. The Labute approximate surface area is 86.5 Å². The van der Waals surface area contributed by atoms with Gasteiger partial charge in [-0.1, -0.05) is 0 Å². The van der Waals surface area contributed by atoms with Crippen LogP contribution in [0.5, 0.6) is 0 Å². The van der Waals surface area contributed by atoms with Gasteiger partial charge in [-0.15, -0.1) is 0 Å². The van der Waals surface area contributed by atoms with E-state index in [1.165, 1.54) is 24.3 Å². The van der Waals surface area contributed by atoms with Gasteiger partial charge < -0.3 is 11.2 Å². The largest absolute Gasteiger partial charge is 3.00 e. The molecule has 0 aliphatic heterocycles. The summed E-state index contributed by atoms with van der Waals surface area (Å²) >= 11 is 0. The summed E-state index contributed by atoms with van der Waals surface area (Å²) in [6.45, 7) is 0. The molecule has 0 fully saturated rings. The minimum Gasteiger partial charge on any atom is -0.870 e. The second kappa shape index (κ2) is 5.21. The first-order valence-electron chi connectivity index (χ1n) is 2.83. The van der Waals surface area contributed by atoms with Gasteiger partial charge in [0.2, 0.25) is 0 Å². The summed E-state index contributed by atoms with van der Waals surface area (Å²) in [6.07, 6.45) is 0. The number of hydrogen-bond acceptors (Lipinski definition) is 4. The van der Waals surface area contributed by atoms with Crippen LogP contribution in [0.2, 0.25) is 0 Å². The van der Waals surface area contributed by atoms with Gasteiger partial charge in [-0.05, 0) is 24.3 Å². The third-order valence-electron chi connectivity index (χ3n) is 1.18. The van der Waals surface area contributed by atoms with Gasteiger partial charge in [0.05, 0.1) is 4.90 Å². The predicted octanol–water partition coefficient (Wildman–Crippen LogP) is 0.336. The fraction of sp³-hybridized carbons (Fsp3) is 0. The molecule has 0 saturated carbocycles. The van der Waals surface area contributed by atoms with E-state index in [2.05, 4.69) is 0 Å². The molecule has 1 aromatic rings. The third kappa shape index (κ3) is 4.25. The average Bonchev–Trinajstić information content (AvgIpc) is 1.86. The SMILES string of the molecule is Nc1ccc(S(=O)(=O)O)cc1.[Fe+3].[OH-]. The van der Waals surface area contributed by atoms with E-state index in [-0.39, 0.29) is 27.4 Å².